The summed E-state index contributed by atoms with van der Waals surface area (Å²) >= 11 is 0. The molecule has 0 unspecified atom stereocenters. The molecule has 4 nitrogen and oxygen atoms in total. The van der Waals surface area contributed by atoms with Crippen LogP contribution in [0.3, 0.4) is 0 Å². The molecule has 0 radical (unpaired) electrons. The zero-order valence-electron chi connectivity index (χ0n) is 33.6. The highest BCUT2D eigenvalue weighted by Gasteiger charge is 2.51. The lowest BCUT2D eigenvalue weighted by Gasteiger charge is -2.39. The van der Waals surface area contributed by atoms with E-state index >= 15 is 0 Å². The largest absolute Gasteiger partial charge is 0.457 e. The van der Waals surface area contributed by atoms with Crippen LogP contribution in [0.2, 0.25) is 0 Å². The van der Waals surface area contributed by atoms with Crippen LogP contribution in [0.5, 0.6) is 11.5 Å². The van der Waals surface area contributed by atoms with Crippen molar-refractivity contribution in [2.24, 2.45) is 0 Å². The first-order chi connectivity index (χ1) is 30.7. The standard InChI is InChI=1S/C58H37N3O/c1-3-13-39(14-4-1)53-37-54(61-57(60-53)40-15-5-2-6-16-40)46-20-12-19-43(34-46)41-17-11-18-42(33-41)45-26-28-48-47-27-25-44(38-29-31-59-32-30-38)35-51(47)58(52(48)36-45)49-21-7-9-23-55(49)62-56-24-10-8-22-50(56)58/h1-37H. The lowest BCUT2D eigenvalue weighted by molar-refractivity contribution is 0.436. The molecule has 10 aromatic rings. The van der Waals surface area contributed by atoms with Crippen molar-refractivity contribution in [3.05, 3.63) is 247 Å². The lowest BCUT2D eigenvalue weighted by atomic mass is 9.65. The smallest absolute Gasteiger partial charge is 0.160 e. The van der Waals surface area contributed by atoms with Gasteiger partial charge in [-0.25, -0.2) is 9.97 Å². The number of fused-ring (bicyclic) bond motifs is 9. The number of para-hydroxylation sites is 2. The van der Waals surface area contributed by atoms with Gasteiger partial charge in [0.05, 0.1) is 16.8 Å². The summed E-state index contributed by atoms with van der Waals surface area (Å²) in [6, 6.07) is 75.5. The zero-order valence-corrected chi connectivity index (χ0v) is 33.6. The molecule has 0 atom stereocenters. The highest BCUT2D eigenvalue weighted by Crippen LogP contribution is 2.62. The summed E-state index contributed by atoms with van der Waals surface area (Å²) in [5, 5.41) is 0. The number of hydrogen-bond donors (Lipinski definition) is 0. The zero-order chi connectivity index (χ0) is 41.0. The third kappa shape index (κ3) is 5.80. The molecular weight excluding hydrogens is 755 g/mol. The summed E-state index contributed by atoms with van der Waals surface area (Å²) in [7, 11) is 0. The van der Waals surface area contributed by atoms with E-state index in [1.165, 1.54) is 22.3 Å². The van der Waals surface area contributed by atoms with Crippen LogP contribution in [0.4, 0.5) is 0 Å². The lowest BCUT2D eigenvalue weighted by Crippen LogP contribution is -2.32. The van der Waals surface area contributed by atoms with E-state index in [4.69, 9.17) is 14.7 Å². The Morgan fingerprint density at radius 1 is 0.306 bits per heavy atom. The Hall–Kier alpha value is -8.21. The van der Waals surface area contributed by atoms with E-state index in [2.05, 4.69) is 181 Å². The molecule has 4 heteroatoms. The molecule has 1 aliphatic carbocycles. The second-order valence-corrected chi connectivity index (χ2v) is 16.0. The van der Waals surface area contributed by atoms with Gasteiger partial charge in [-0.15, -0.1) is 0 Å². The van der Waals surface area contributed by atoms with Gasteiger partial charge in [0.25, 0.3) is 0 Å². The summed E-state index contributed by atoms with van der Waals surface area (Å²) in [4.78, 5) is 14.4. The van der Waals surface area contributed by atoms with E-state index in [-0.39, 0.29) is 0 Å². The third-order valence-electron chi connectivity index (χ3n) is 12.5. The first-order valence-corrected chi connectivity index (χ1v) is 21.0. The molecular formula is C58H37N3O. The first-order valence-electron chi connectivity index (χ1n) is 21.0. The van der Waals surface area contributed by atoms with Crippen LogP contribution in [-0.4, -0.2) is 15.0 Å². The van der Waals surface area contributed by atoms with Crippen LogP contribution < -0.4 is 4.74 Å². The Balaban J connectivity index is 0.990. The van der Waals surface area contributed by atoms with Gasteiger partial charge < -0.3 is 4.74 Å². The second-order valence-electron chi connectivity index (χ2n) is 16.0. The van der Waals surface area contributed by atoms with E-state index in [0.29, 0.717) is 5.82 Å². The SMILES string of the molecule is c1ccc(-c2cc(-c3cccc(-c4cccc(-c5ccc6c(c5)C5(c7ccccc7Oc7ccccc75)c5cc(-c7ccncc7)ccc5-6)c4)c3)nc(-c3ccccc3)n2)cc1. The minimum absolute atomic E-state index is 0.601. The van der Waals surface area contributed by atoms with Crippen LogP contribution in [0, 0.1) is 0 Å². The highest BCUT2D eigenvalue weighted by molar-refractivity contribution is 5.92. The summed E-state index contributed by atoms with van der Waals surface area (Å²) in [6.07, 6.45) is 3.73. The number of aromatic nitrogens is 3. The molecule has 0 saturated carbocycles. The van der Waals surface area contributed by atoms with Gasteiger partial charge >= 0.3 is 0 Å². The number of ether oxygens (including phenoxy) is 1. The number of rotatable bonds is 6. The average Bonchev–Trinajstić information content (AvgIpc) is 3.64. The van der Waals surface area contributed by atoms with Crippen molar-refractivity contribution in [1.82, 2.24) is 15.0 Å². The molecule has 0 fully saturated rings. The molecule has 2 aromatic heterocycles. The maximum Gasteiger partial charge on any atom is 0.160 e. The van der Waals surface area contributed by atoms with Gasteiger partial charge in [-0.05, 0) is 110 Å². The minimum Gasteiger partial charge on any atom is -0.457 e. The van der Waals surface area contributed by atoms with Crippen LogP contribution in [-0.2, 0) is 5.41 Å². The molecule has 1 aliphatic heterocycles. The van der Waals surface area contributed by atoms with E-state index in [0.717, 1.165) is 84.1 Å². The van der Waals surface area contributed by atoms with Crippen molar-refractivity contribution < 1.29 is 4.74 Å². The molecule has 12 rings (SSSR count). The van der Waals surface area contributed by atoms with Gasteiger partial charge in [0.2, 0.25) is 0 Å². The quantitative estimate of drug-likeness (QED) is 0.168. The predicted octanol–water partition coefficient (Wildman–Crippen LogP) is 14.3. The minimum atomic E-state index is -0.601. The monoisotopic (exact) mass is 791 g/mol. The van der Waals surface area contributed by atoms with Crippen molar-refractivity contribution in [2.75, 3.05) is 0 Å². The van der Waals surface area contributed by atoms with Gasteiger partial charge in [-0.1, -0.05) is 158 Å². The van der Waals surface area contributed by atoms with Gasteiger partial charge in [0.1, 0.15) is 11.5 Å². The van der Waals surface area contributed by atoms with Gasteiger partial charge in [-0.3, -0.25) is 4.98 Å². The van der Waals surface area contributed by atoms with Crippen LogP contribution >= 0.6 is 0 Å². The van der Waals surface area contributed by atoms with Crippen molar-refractivity contribution >= 4 is 0 Å². The molecule has 3 heterocycles. The molecule has 0 N–H and O–H groups in total. The molecule has 0 saturated heterocycles. The molecule has 0 amide bonds. The van der Waals surface area contributed by atoms with Gasteiger partial charge in [-0.2, -0.15) is 0 Å². The number of nitrogens with zero attached hydrogens (tertiary/aromatic N) is 3. The first kappa shape index (κ1) is 35.7. The molecule has 8 aromatic carbocycles. The van der Waals surface area contributed by atoms with Gasteiger partial charge in [0, 0.05) is 40.2 Å². The summed E-state index contributed by atoms with van der Waals surface area (Å²) in [5.74, 6) is 2.46. The number of benzene rings is 8. The fraction of sp³-hybridized carbons (Fsp3) is 0.0172. The summed E-state index contributed by atoms with van der Waals surface area (Å²) in [6.45, 7) is 0. The Bertz CT molecular complexity index is 3220. The Labute approximate surface area is 360 Å². The summed E-state index contributed by atoms with van der Waals surface area (Å²) < 4.78 is 6.67. The van der Waals surface area contributed by atoms with Crippen molar-refractivity contribution in [2.45, 2.75) is 5.41 Å². The van der Waals surface area contributed by atoms with Crippen LogP contribution in [0.25, 0.3) is 78.4 Å². The Morgan fingerprint density at radius 3 is 1.35 bits per heavy atom. The third-order valence-corrected chi connectivity index (χ3v) is 12.5. The van der Waals surface area contributed by atoms with Crippen molar-refractivity contribution in [3.63, 3.8) is 0 Å². The molecule has 62 heavy (non-hydrogen) atoms. The van der Waals surface area contributed by atoms with Crippen LogP contribution in [0.15, 0.2) is 225 Å². The van der Waals surface area contributed by atoms with Crippen molar-refractivity contribution in [1.29, 1.82) is 0 Å². The number of hydrogen-bond acceptors (Lipinski definition) is 4. The molecule has 2 aliphatic rings. The van der Waals surface area contributed by atoms with E-state index in [1.54, 1.807) is 0 Å². The Morgan fingerprint density at radius 2 is 0.758 bits per heavy atom. The van der Waals surface area contributed by atoms with Gasteiger partial charge in [0.15, 0.2) is 5.82 Å². The van der Waals surface area contributed by atoms with E-state index in [1.807, 2.05) is 48.8 Å². The highest BCUT2D eigenvalue weighted by atomic mass is 16.5. The molecule has 1 spiro atoms. The molecule has 0 bridgehead atoms. The maximum absolute atomic E-state index is 6.67. The predicted molar refractivity (Wildman–Crippen MR) is 250 cm³/mol. The maximum atomic E-state index is 6.67. The average molecular weight is 792 g/mol. The normalized spacial score (nSPS) is 12.8. The van der Waals surface area contributed by atoms with E-state index < -0.39 is 5.41 Å². The van der Waals surface area contributed by atoms with Crippen molar-refractivity contribution in [3.8, 4) is 89.9 Å². The Kier molecular flexibility index (Phi) is 8.36. The topological polar surface area (TPSA) is 47.9 Å². The van der Waals surface area contributed by atoms with Crippen LogP contribution in [0.1, 0.15) is 22.3 Å². The molecule has 290 valence electrons. The fourth-order valence-electron chi connectivity index (χ4n) is 9.61. The second kappa shape index (κ2) is 14.5. The fourth-order valence-corrected chi connectivity index (χ4v) is 9.61. The summed E-state index contributed by atoms with van der Waals surface area (Å²) in [5.41, 5.74) is 18.3. The number of pyridine rings is 1. The van der Waals surface area contributed by atoms with E-state index in [9.17, 15) is 0 Å².